The minimum Gasteiger partial charge on any atom is -0.455 e. The standard InChI is InChI=1S/C56H37NO/c1-3-15-38(16-4-1)44-31-34-54(51(35-44)40-17-5-2-6-18-40)57(45-32-29-41(30-33-45)47-25-13-22-39-19-9-10-23-46(39)47)53-28-12-11-24-48(53)49-26-14-27-50-52-36-42-20-7-8-21-43(42)37-55(52)58-56(49)50/h1-37H. The Balaban J connectivity index is 1.15. The Morgan fingerprint density at radius 3 is 1.66 bits per heavy atom. The molecule has 0 fully saturated rings. The van der Waals surface area contributed by atoms with Crippen LogP contribution < -0.4 is 4.90 Å². The second-order valence-electron chi connectivity index (χ2n) is 14.9. The number of hydrogen-bond donors (Lipinski definition) is 0. The van der Waals surface area contributed by atoms with Gasteiger partial charge in [0.05, 0.1) is 11.4 Å². The molecule has 0 N–H and O–H groups in total. The largest absolute Gasteiger partial charge is 0.455 e. The first-order valence-corrected chi connectivity index (χ1v) is 19.8. The van der Waals surface area contributed by atoms with E-state index < -0.39 is 0 Å². The number of para-hydroxylation sites is 2. The Hall–Kier alpha value is -7.68. The first kappa shape index (κ1) is 33.6. The molecule has 0 unspecified atom stereocenters. The van der Waals surface area contributed by atoms with Crippen LogP contribution in [0.2, 0.25) is 0 Å². The molecule has 2 nitrogen and oxygen atoms in total. The van der Waals surface area contributed by atoms with E-state index in [0.29, 0.717) is 0 Å². The SMILES string of the molecule is c1ccc(-c2ccc(N(c3ccc(-c4cccc5ccccc45)cc3)c3ccccc3-c3cccc4c3oc3cc5ccccc5cc34)c(-c3ccccc3)c2)cc1. The van der Waals surface area contributed by atoms with Crippen molar-refractivity contribution in [2.45, 2.75) is 0 Å². The average Bonchev–Trinajstić information content (AvgIpc) is 3.67. The Labute approximate surface area is 337 Å². The third-order valence-corrected chi connectivity index (χ3v) is 11.5. The molecule has 272 valence electrons. The van der Waals surface area contributed by atoms with Gasteiger partial charge in [-0.2, -0.15) is 0 Å². The van der Waals surface area contributed by atoms with Gasteiger partial charge in [-0.25, -0.2) is 0 Å². The van der Waals surface area contributed by atoms with Crippen molar-refractivity contribution >= 4 is 60.5 Å². The number of nitrogens with zero attached hydrogens (tertiary/aromatic N) is 1. The molecular weight excluding hydrogens is 703 g/mol. The minimum atomic E-state index is 0.884. The van der Waals surface area contributed by atoms with Crippen LogP contribution in [0.15, 0.2) is 229 Å². The van der Waals surface area contributed by atoms with Crippen LogP contribution in [0.1, 0.15) is 0 Å². The van der Waals surface area contributed by atoms with Crippen molar-refractivity contribution < 1.29 is 4.42 Å². The Bertz CT molecular complexity index is 3270. The predicted octanol–water partition coefficient (Wildman–Crippen LogP) is 16.0. The third-order valence-electron chi connectivity index (χ3n) is 11.5. The van der Waals surface area contributed by atoms with Crippen LogP contribution in [0.3, 0.4) is 0 Å². The molecule has 0 atom stereocenters. The van der Waals surface area contributed by atoms with Gasteiger partial charge in [-0.1, -0.05) is 182 Å². The van der Waals surface area contributed by atoms with Crippen molar-refractivity contribution in [3.63, 3.8) is 0 Å². The van der Waals surface area contributed by atoms with Gasteiger partial charge in [-0.15, -0.1) is 0 Å². The van der Waals surface area contributed by atoms with Crippen molar-refractivity contribution in [1.29, 1.82) is 0 Å². The van der Waals surface area contributed by atoms with Crippen LogP contribution in [0, 0.1) is 0 Å². The van der Waals surface area contributed by atoms with E-state index >= 15 is 0 Å². The lowest BCUT2D eigenvalue weighted by Crippen LogP contribution is -2.12. The van der Waals surface area contributed by atoms with Gasteiger partial charge in [-0.05, 0) is 91.8 Å². The van der Waals surface area contributed by atoms with Gasteiger partial charge in [0.1, 0.15) is 11.2 Å². The van der Waals surface area contributed by atoms with Gasteiger partial charge >= 0.3 is 0 Å². The maximum absolute atomic E-state index is 6.83. The van der Waals surface area contributed by atoms with Crippen molar-refractivity contribution in [3.8, 4) is 44.5 Å². The highest BCUT2D eigenvalue weighted by Gasteiger charge is 2.23. The van der Waals surface area contributed by atoms with E-state index in [1.165, 1.54) is 43.8 Å². The number of furan rings is 1. The van der Waals surface area contributed by atoms with Gasteiger partial charge in [0, 0.05) is 33.2 Å². The van der Waals surface area contributed by atoms with Crippen molar-refractivity contribution in [1.82, 2.24) is 0 Å². The third kappa shape index (κ3) is 5.82. The summed E-state index contributed by atoms with van der Waals surface area (Å²) >= 11 is 0. The summed E-state index contributed by atoms with van der Waals surface area (Å²) in [6.07, 6.45) is 0. The fourth-order valence-electron chi connectivity index (χ4n) is 8.66. The molecule has 0 amide bonds. The molecular formula is C56H37NO. The van der Waals surface area contributed by atoms with Gasteiger partial charge in [0.2, 0.25) is 0 Å². The van der Waals surface area contributed by atoms with E-state index in [0.717, 1.165) is 61.3 Å². The first-order valence-electron chi connectivity index (χ1n) is 19.8. The number of hydrogen-bond acceptors (Lipinski definition) is 2. The van der Waals surface area contributed by atoms with Gasteiger partial charge in [0.25, 0.3) is 0 Å². The molecule has 1 heterocycles. The zero-order chi connectivity index (χ0) is 38.4. The Morgan fingerprint density at radius 2 is 0.845 bits per heavy atom. The van der Waals surface area contributed by atoms with Crippen molar-refractivity contribution in [3.05, 3.63) is 224 Å². The fraction of sp³-hybridized carbons (Fsp3) is 0. The molecule has 0 aliphatic heterocycles. The summed E-state index contributed by atoms with van der Waals surface area (Å²) in [6.45, 7) is 0. The zero-order valence-electron chi connectivity index (χ0n) is 31.7. The van der Waals surface area contributed by atoms with Gasteiger partial charge < -0.3 is 9.32 Å². The van der Waals surface area contributed by atoms with Crippen LogP contribution in [0.4, 0.5) is 17.1 Å². The summed E-state index contributed by atoms with van der Waals surface area (Å²) in [5, 5.41) is 7.08. The molecule has 0 aliphatic rings. The predicted molar refractivity (Wildman–Crippen MR) is 245 cm³/mol. The molecule has 11 aromatic rings. The van der Waals surface area contributed by atoms with Crippen molar-refractivity contribution in [2.24, 2.45) is 0 Å². The highest BCUT2D eigenvalue weighted by Crippen LogP contribution is 2.48. The summed E-state index contributed by atoms with van der Waals surface area (Å²) in [6, 6.07) is 80.7. The van der Waals surface area contributed by atoms with Crippen LogP contribution in [-0.2, 0) is 0 Å². The Kier molecular flexibility index (Phi) is 8.19. The second kappa shape index (κ2) is 14.1. The summed E-state index contributed by atoms with van der Waals surface area (Å²) in [4.78, 5) is 2.43. The van der Waals surface area contributed by atoms with E-state index in [9.17, 15) is 0 Å². The molecule has 0 radical (unpaired) electrons. The van der Waals surface area contributed by atoms with Crippen LogP contribution in [0.5, 0.6) is 0 Å². The fourth-order valence-corrected chi connectivity index (χ4v) is 8.66. The summed E-state index contributed by atoms with van der Waals surface area (Å²) in [5.74, 6) is 0. The molecule has 58 heavy (non-hydrogen) atoms. The number of anilines is 3. The Morgan fingerprint density at radius 1 is 0.293 bits per heavy atom. The molecule has 11 rings (SSSR count). The quantitative estimate of drug-likeness (QED) is 0.162. The highest BCUT2D eigenvalue weighted by atomic mass is 16.3. The van der Waals surface area contributed by atoms with E-state index in [2.05, 4.69) is 229 Å². The normalized spacial score (nSPS) is 11.4. The van der Waals surface area contributed by atoms with Gasteiger partial charge in [0.15, 0.2) is 0 Å². The molecule has 1 aromatic heterocycles. The second-order valence-corrected chi connectivity index (χ2v) is 14.9. The molecule has 0 spiro atoms. The van der Waals surface area contributed by atoms with Crippen LogP contribution in [0.25, 0.3) is 88.0 Å². The monoisotopic (exact) mass is 739 g/mol. The smallest absolute Gasteiger partial charge is 0.143 e. The summed E-state index contributed by atoms with van der Waals surface area (Å²) in [5.41, 5.74) is 14.1. The minimum absolute atomic E-state index is 0.884. The first-order chi connectivity index (χ1) is 28.8. The lowest BCUT2D eigenvalue weighted by atomic mass is 9.94. The highest BCUT2D eigenvalue weighted by molar-refractivity contribution is 6.14. The molecule has 0 bridgehead atoms. The maximum Gasteiger partial charge on any atom is 0.143 e. The van der Waals surface area contributed by atoms with Crippen LogP contribution >= 0.6 is 0 Å². The van der Waals surface area contributed by atoms with Crippen molar-refractivity contribution in [2.75, 3.05) is 4.90 Å². The molecule has 10 aromatic carbocycles. The van der Waals surface area contributed by atoms with E-state index in [1.807, 2.05) is 0 Å². The molecule has 2 heteroatoms. The molecule has 0 saturated heterocycles. The average molecular weight is 740 g/mol. The lowest BCUT2D eigenvalue weighted by molar-refractivity contribution is 0.670. The zero-order valence-corrected chi connectivity index (χ0v) is 31.7. The number of fused-ring (bicyclic) bond motifs is 5. The molecule has 0 saturated carbocycles. The molecule has 0 aliphatic carbocycles. The maximum atomic E-state index is 6.83. The van der Waals surface area contributed by atoms with E-state index in [1.54, 1.807) is 0 Å². The van der Waals surface area contributed by atoms with Crippen LogP contribution in [-0.4, -0.2) is 0 Å². The topological polar surface area (TPSA) is 16.4 Å². The number of benzene rings is 10. The summed E-state index contributed by atoms with van der Waals surface area (Å²) in [7, 11) is 0. The van der Waals surface area contributed by atoms with Gasteiger partial charge in [-0.3, -0.25) is 0 Å². The van der Waals surface area contributed by atoms with E-state index in [-0.39, 0.29) is 0 Å². The van der Waals surface area contributed by atoms with E-state index in [4.69, 9.17) is 4.42 Å². The lowest BCUT2D eigenvalue weighted by Gasteiger charge is -2.30. The summed E-state index contributed by atoms with van der Waals surface area (Å²) < 4.78 is 6.83. The number of rotatable bonds is 7.